The van der Waals surface area contributed by atoms with E-state index in [2.05, 4.69) is 212 Å². The minimum absolute atomic E-state index is 0.117. The van der Waals surface area contributed by atoms with Crippen LogP contribution in [0.2, 0.25) is 0 Å². The van der Waals surface area contributed by atoms with Gasteiger partial charge in [0.15, 0.2) is 0 Å². The maximum Gasteiger partial charge on any atom is 0.143 e. The SMILES string of the molecule is [B][C@@]1(O)C[C@@H](P(c2ccccc2)c2ccccc2)[C@@H](CP(c2ccccc2)c2ccccc2)[C@H]1CCOC(c1ccccc1)(c1ccccc1)c1ccccc1. The largest absolute Gasteiger partial charge is 0.399 e. The van der Waals surface area contributed by atoms with E-state index in [9.17, 15) is 5.11 Å². The molecular weight excluding hydrogens is 717 g/mol. The van der Waals surface area contributed by atoms with Crippen molar-refractivity contribution in [3.05, 3.63) is 229 Å². The van der Waals surface area contributed by atoms with Crippen molar-refractivity contribution >= 4 is 44.9 Å². The molecule has 1 N–H and O–H groups in total. The lowest BCUT2D eigenvalue weighted by Gasteiger charge is -2.38. The topological polar surface area (TPSA) is 29.5 Å². The van der Waals surface area contributed by atoms with Crippen LogP contribution in [0, 0.1) is 11.8 Å². The predicted molar refractivity (Wildman–Crippen MR) is 239 cm³/mol. The first kappa shape index (κ1) is 38.3. The molecule has 1 fully saturated rings. The zero-order chi connectivity index (χ0) is 38.2. The Labute approximate surface area is 336 Å². The number of rotatable bonds is 14. The Balaban J connectivity index is 1.22. The van der Waals surface area contributed by atoms with E-state index in [1.807, 2.05) is 0 Å². The maximum atomic E-state index is 12.6. The Kier molecular flexibility index (Phi) is 12.1. The van der Waals surface area contributed by atoms with Crippen LogP contribution < -0.4 is 21.2 Å². The predicted octanol–water partition coefficient (Wildman–Crippen LogP) is 9.51. The maximum absolute atomic E-state index is 12.6. The molecule has 4 atom stereocenters. The number of ether oxygens (including phenoxy) is 1. The van der Waals surface area contributed by atoms with Gasteiger partial charge < -0.3 is 9.84 Å². The molecule has 56 heavy (non-hydrogen) atoms. The lowest BCUT2D eigenvalue weighted by atomic mass is 9.70. The van der Waals surface area contributed by atoms with Gasteiger partial charge in [0, 0.05) is 12.1 Å². The van der Waals surface area contributed by atoms with Gasteiger partial charge in [0.25, 0.3) is 0 Å². The van der Waals surface area contributed by atoms with Crippen LogP contribution in [-0.2, 0) is 10.3 Å². The van der Waals surface area contributed by atoms with Gasteiger partial charge in [0.05, 0.1) is 0 Å². The fourth-order valence-electron chi connectivity index (χ4n) is 8.88. The Morgan fingerprint density at radius 3 is 1.23 bits per heavy atom. The molecule has 1 aliphatic rings. The molecule has 1 aliphatic carbocycles. The van der Waals surface area contributed by atoms with Gasteiger partial charge in [-0.15, -0.1) is 0 Å². The number of aliphatic hydroxyl groups is 1. The minimum Gasteiger partial charge on any atom is -0.399 e. The van der Waals surface area contributed by atoms with Crippen molar-refractivity contribution in [2.75, 3.05) is 12.8 Å². The molecular formula is C51H47BO2P2. The summed E-state index contributed by atoms with van der Waals surface area (Å²) in [5.41, 5.74) is 1.10. The van der Waals surface area contributed by atoms with Crippen molar-refractivity contribution in [1.82, 2.24) is 0 Å². The highest BCUT2D eigenvalue weighted by molar-refractivity contribution is 7.74. The van der Waals surface area contributed by atoms with Crippen LogP contribution in [0.4, 0.5) is 0 Å². The van der Waals surface area contributed by atoms with E-state index in [0.717, 1.165) is 22.9 Å². The minimum atomic E-state index is -1.38. The first-order valence-electron chi connectivity index (χ1n) is 19.6. The fourth-order valence-corrected chi connectivity index (χ4v) is 15.0. The van der Waals surface area contributed by atoms with Crippen LogP contribution in [0.25, 0.3) is 0 Å². The molecule has 0 spiro atoms. The summed E-state index contributed by atoms with van der Waals surface area (Å²) >= 11 is 0. The molecule has 0 bridgehead atoms. The second-order valence-electron chi connectivity index (χ2n) is 14.8. The van der Waals surface area contributed by atoms with Crippen LogP contribution >= 0.6 is 15.8 Å². The van der Waals surface area contributed by atoms with Gasteiger partial charge in [-0.1, -0.05) is 212 Å². The van der Waals surface area contributed by atoms with Gasteiger partial charge in [-0.2, -0.15) is 0 Å². The van der Waals surface area contributed by atoms with Gasteiger partial charge in [0.2, 0.25) is 0 Å². The Morgan fingerprint density at radius 2 is 0.857 bits per heavy atom. The Morgan fingerprint density at radius 1 is 0.518 bits per heavy atom. The second-order valence-corrected chi connectivity index (χ2v) is 19.5. The smallest absolute Gasteiger partial charge is 0.143 e. The quantitative estimate of drug-likeness (QED) is 0.0680. The fraction of sp³-hybridized carbons (Fsp3) is 0.176. The molecule has 5 heteroatoms. The average Bonchev–Trinajstić information content (AvgIpc) is 3.51. The van der Waals surface area contributed by atoms with Crippen LogP contribution in [0.5, 0.6) is 0 Å². The third-order valence-electron chi connectivity index (χ3n) is 11.4. The van der Waals surface area contributed by atoms with Crippen LogP contribution in [0.15, 0.2) is 212 Å². The zero-order valence-corrected chi connectivity index (χ0v) is 33.4. The lowest BCUT2D eigenvalue weighted by Crippen LogP contribution is -2.39. The van der Waals surface area contributed by atoms with E-state index >= 15 is 0 Å². The van der Waals surface area contributed by atoms with Crippen molar-refractivity contribution in [3.63, 3.8) is 0 Å². The number of hydrogen-bond acceptors (Lipinski definition) is 2. The highest BCUT2D eigenvalue weighted by atomic mass is 31.1. The molecule has 0 aliphatic heterocycles. The number of hydrogen-bond donors (Lipinski definition) is 1. The number of benzene rings is 7. The van der Waals surface area contributed by atoms with Gasteiger partial charge in [-0.3, -0.25) is 0 Å². The first-order chi connectivity index (χ1) is 27.5. The molecule has 0 unspecified atom stereocenters. The second kappa shape index (κ2) is 17.7. The van der Waals surface area contributed by atoms with Crippen LogP contribution in [-0.4, -0.2) is 36.9 Å². The van der Waals surface area contributed by atoms with Crippen molar-refractivity contribution in [2.45, 2.75) is 29.6 Å². The molecule has 2 nitrogen and oxygen atoms in total. The van der Waals surface area contributed by atoms with Crippen molar-refractivity contribution in [2.24, 2.45) is 11.8 Å². The Bertz CT molecular complexity index is 2050. The van der Waals surface area contributed by atoms with Crippen molar-refractivity contribution in [3.8, 4) is 0 Å². The average molecular weight is 765 g/mol. The Hall–Kier alpha value is -4.62. The molecule has 0 amide bonds. The van der Waals surface area contributed by atoms with Gasteiger partial charge in [-0.25, -0.2) is 0 Å². The normalized spacial score (nSPS) is 19.7. The van der Waals surface area contributed by atoms with Crippen LogP contribution in [0.1, 0.15) is 29.5 Å². The monoisotopic (exact) mass is 764 g/mol. The van der Waals surface area contributed by atoms with Crippen LogP contribution in [0.3, 0.4) is 0 Å². The molecule has 0 heterocycles. The molecule has 0 saturated heterocycles. The van der Waals surface area contributed by atoms with E-state index in [4.69, 9.17) is 12.6 Å². The summed E-state index contributed by atoms with van der Waals surface area (Å²) in [7, 11) is 5.63. The standard InChI is InChI=1S/C51H47BO2P2/c52-50(53)38-49(56(45-32-18-6-19-33-45)46-34-20-7-21-35-46)47(39-55(43-28-14-4-15-29-43)44-30-16-5-17-31-44)48(50)36-37-54-51(40-22-8-1-9-23-40,41-24-10-2-11-25-41)42-26-12-3-13-27-42/h1-35,47-49,53H,36-39H2/t47-,48+,49+,50+/m0/s1. The molecule has 7 aromatic carbocycles. The first-order valence-corrected chi connectivity index (χ1v) is 22.6. The van der Waals surface area contributed by atoms with E-state index in [1.54, 1.807) is 0 Å². The molecule has 1 saturated carbocycles. The summed E-state index contributed by atoms with van der Waals surface area (Å²) in [6, 6.07) is 75.4. The summed E-state index contributed by atoms with van der Waals surface area (Å²) in [5.74, 6) is -0.0893. The summed E-state index contributed by atoms with van der Waals surface area (Å²) < 4.78 is 7.37. The highest BCUT2D eigenvalue weighted by Gasteiger charge is 2.52. The molecule has 7 aromatic rings. The third-order valence-corrected chi connectivity index (χ3v) is 17.0. The zero-order valence-electron chi connectivity index (χ0n) is 31.6. The lowest BCUT2D eigenvalue weighted by molar-refractivity contribution is -0.0126. The van der Waals surface area contributed by atoms with Crippen molar-refractivity contribution in [1.29, 1.82) is 0 Å². The van der Waals surface area contributed by atoms with Crippen molar-refractivity contribution < 1.29 is 9.84 Å². The van der Waals surface area contributed by atoms with Gasteiger partial charge in [-0.05, 0) is 90.3 Å². The van der Waals surface area contributed by atoms with E-state index in [1.165, 1.54) is 21.2 Å². The summed E-state index contributed by atoms with van der Waals surface area (Å²) in [4.78, 5) is 0. The van der Waals surface area contributed by atoms with E-state index < -0.39 is 26.9 Å². The summed E-state index contributed by atoms with van der Waals surface area (Å²) in [5, 5.41) is 17.9. The molecule has 2 radical (unpaired) electrons. The third kappa shape index (κ3) is 8.11. The van der Waals surface area contributed by atoms with E-state index in [0.29, 0.717) is 19.4 Å². The summed E-state index contributed by atoms with van der Waals surface area (Å²) in [6.07, 6.45) is 2.05. The summed E-state index contributed by atoms with van der Waals surface area (Å²) in [6.45, 7) is 0.412. The molecule has 0 aromatic heterocycles. The molecule has 276 valence electrons. The highest BCUT2D eigenvalue weighted by Crippen LogP contribution is 2.58. The molecule has 8 rings (SSSR count). The van der Waals surface area contributed by atoms with Gasteiger partial charge >= 0.3 is 0 Å². The van der Waals surface area contributed by atoms with E-state index in [-0.39, 0.29) is 17.5 Å². The van der Waals surface area contributed by atoms with Gasteiger partial charge in [0.1, 0.15) is 13.4 Å².